The van der Waals surface area contributed by atoms with Gasteiger partial charge in [-0.05, 0) is 30.5 Å². The molecule has 0 aromatic heterocycles. The SMILES string of the molecule is CC(C)CCC(=O)N(C)c1cccc(N)c1. The molecule has 2 N–H and O–H groups in total. The molecule has 0 saturated carbocycles. The van der Waals surface area contributed by atoms with Crippen molar-refractivity contribution in [2.75, 3.05) is 17.7 Å². The number of amides is 1. The van der Waals surface area contributed by atoms with E-state index in [1.165, 1.54) is 0 Å². The molecule has 0 saturated heterocycles. The van der Waals surface area contributed by atoms with Gasteiger partial charge in [-0.25, -0.2) is 0 Å². The zero-order chi connectivity index (χ0) is 12.1. The first-order chi connectivity index (χ1) is 7.50. The Labute approximate surface area is 97.2 Å². The highest BCUT2D eigenvalue weighted by Gasteiger charge is 2.11. The molecule has 0 fully saturated rings. The Hall–Kier alpha value is -1.51. The first-order valence-electron chi connectivity index (χ1n) is 5.63. The van der Waals surface area contributed by atoms with Crippen molar-refractivity contribution in [3.05, 3.63) is 24.3 Å². The summed E-state index contributed by atoms with van der Waals surface area (Å²) in [7, 11) is 1.79. The zero-order valence-corrected chi connectivity index (χ0v) is 10.2. The molecule has 0 heterocycles. The monoisotopic (exact) mass is 220 g/mol. The van der Waals surface area contributed by atoms with Crippen molar-refractivity contribution in [3.8, 4) is 0 Å². The Balaban J connectivity index is 2.63. The van der Waals surface area contributed by atoms with Crippen LogP contribution in [0.4, 0.5) is 11.4 Å². The van der Waals surface area contributed by atoms with Gasteiger partial charge >= 0.3 is 0 Å². The number of benzene rings is 1. The molecule has 0 atom stereocenters. The molecule has 88 valence electrons. The summed E-state index contributed by atoms with van der Waals surface area (Å²) in [6.45, 7) is 4.24. The lowest BCUT2D eigenvalue weighted by Gasteiger charge is -2.18. The lowest BCUT2D eigenvalue weighted by atomic mass is 10.1. The Kier molecular flexibility index (Phi) is 4.35. The second-order valence-electron chi connectivity index (χ2n) is 4.48. The normalized spacial score (nSPS) is 10.5. The van der Waals surface area contributed by atoms with Crippen LogP contribution in [0, 0.1) is 5.92 Å². The molecule has 0 aliphatic rings. The minimum atomic E-state index is 0.138. The van der Waals surface area contributed by atoms with Crippen molar-refractivity contribution in [1.29, 1.82) is 0 Å². The van der Waals surface area contributed by atoms with Gasteiger partial charge in [-0.3, -0.25) is 4.79 Å². The van der Waals surface area contributed by atoms with Gasteiger partial charge in [-0.2, -0.15) is 0 Å². The van der Waals surface area contributed by atoms with E-state index in [9.17, 15) is 4.79 Å². The fraction of sp³-hybridized carbons (Fsp3) is 0.462. The molecule has 1 aromatic rings. The maximum Gasteiger partial charge on any atom is 0.226 e. The minimum Gasteiger partial charge on any atom is -0.399 e. The third-order valence-corrected chi connectivity index (χ3v) is 2.57. The molecule has 3 heteroatoms. The lowest BCUT2D eigenvalue weighted by Crippen LogP contribution is -2.26. The zero-order valence-electron chi connectivity index (χ0n) is 10.2. The smallest absolute Gasteiger partial charge is 0.226 e. The quantitative estimate of drug-likeness (QED) is 0.793. The van der Waals surface area contributed by atoms with Crippen LogP contribution in [0.1, 0.15) is 26.7 Å². The van der Waals surface area contributed by atoms with Gasteiger partial charge in [0.05, 0.1) is 0 Å². The average Bonchev–Trinajstić information content (AvgIpc) is 2.24. The molecule has 1 rings (SSSR count). The van der Waals surface area contributed by atoms with Crippen LogP contribution in [0.15, 0.2) is 24.3 Å². The van der Waals surface area contributed by atoms with E-state index in [1.54, 1.807) is 11.9 Å². The molecular formula is C13H20N2O. The number of carbonyl (C=O) groups excluding carboxylic acids is 1. The first-order valence-corrected chi connectivity index (χ1v) is 5.63. The Morgan fingerprint density at radius 2 is 2.12 bits per heavy atom. The third kappa shape index (κ3) is 3.57. The van der Waals surface area contributed by atoms with Gasteiger partial charge < -0.3 is 10.6 Å². The van der Waals surface area contributed by atoms with E-state index in [4.69, 9.17) is 5.73 Å². The minimum absolute atomic E-state index is 0.138. The van der Waals surface area contributed by atoms with Crippen molar-refractivity contribution < 1.29 is 4.79 Å². The van der Waals surface area contributed by atoms with E-state index < -0.39 is 0 Å². The van der Waals surface area contributed by atoms with Crippen molar-refractivity contribution >= 4 is 17.3 Å². The summed E-state index contributed by atoms with van der Waals surface area (Å²) in [5, 5.41) is 0. The molecule has 0 unspecified atom stereocenters. The maximum atomic E-state index is 11.8. The predicted molar refractivity (Wildman–Crippen MR) is 68.3 cm³/mol. The fourth-order valence-electron chi connectivity index (χ4n) is 1.46. The van der Waals surface area contributed by atoms with Gasteiger partial charge in [0.15, 0.2) is 0 Å². The summed E-state index contributed by atoms with van der Waals surface area (Å²) < 4.78 is 0. The number of anilines is 2. The predicted octanol–water partition coefficient (Wildman–Crippen LogP) is 2.67. The van der Waals surface area contributed by atoms with E-state index in [-0.39, 0.29) is 5.91 Å². The summed E-state index contributed by atoms with van der Waals surface area (Å²) >= 11 is 0. The number of rotatable bonds is 4. The maximum absolute atomic E-state index is 11.8. The lowest BCUT2D eigenvalue weighted by molar-refractivity contribution is -0.118. The first kappa shape index (κ1) is 12.6. The van der Waals surface area contributed by atoms with Gasteiger partial charge in [0.2, 0.25) is 5.91 Å². The van der Waals surface area contributed by atoms with Crippen LogP contribution in [0.3, 0.4) is 0 Å². The van der Waals surface area contributed by atoms with E-state index in [0.29, 0.717) is 18.0 Å². The van der Waals surface area contributed by atoms with Crippen LogP contribution < -0.4 is 10.6 Å². The molecule has 3 nitrogen and oxygen atoms in total. The van der Waals surface area contributed by atoms with E-state index >= 15 is 0 Å². The molecule has 0 aliphatic carbocycles. The molecule has 0 radical (unpaired) electrons. The molecule has 0 spiro atoms. The van der Waals surface area contributed by atoms with Crippen LogP contribution >= 0.6 is 0 Å². The Bertz CT molecular complexity index is 361. The Morgan fingerprint density at radius 3 is 2.69 bits per heavy atom. The highest BCUT2D eigenvalue weighted by Crippen LogP contribution is 2.17. The summed E-state index contributed by atoms with van der Waals surface area (Å²) in [4.78, 5) is 13.5. The highest BCUT2D eigenvalue weighted by atomic mass is 16.2. The number of nitrogens with zero attached hydrogens (tertiary/aromatic N) is 1. The Morgan fingerprint density at radius 1 is 1.44 bits per heavy atom. The van der Waals surface area contributed by atoms with Gasteiger partial charge in [0.25, 0.3) is 0 Å². The molecular weight excluding hydrogens is 200 g/mol. The number of nitrogens with two attached hydrogens (primary N) is 1. The van der Waals surface area contributed by atoms with Crippen LogP contribution in [0.2, 0.25) is 0 Å². The van der Waals surface area contributed by atoms with Gasteiger partial charge in [0, 0.05) is 24.8 Å². The highest BCUT2D eigenvalue weighted by molar-refractivity contribution is 5.93. The van der Waals surface area contributed by atoms with Crippen LogP contribution in [0.25, 0.3) is 0 Å². The molecule has 0 aliphatic heterocycles. The van der Waals surface area contributed by atoms with Crippen LogP contribution in [-0.4, -0.2) is 13.0 Å². The number of carbonyl (C=O) groups is 1. The summed E-state index contributed by atoms with van der Waals surface area (Å²) in [5.74, 6) is 0.692. The number of hydrogen-bond acceptors (Lipinski definition) is 2. The van der Waals surface area contributed by atoms with Crippen LogP contribution in [0.5, 0.6) is 0 Å². The van der Waals surface area contributed by atoms with Crippen molar-refractivity contribution in [1.82, 2.24) is 0 Å². The average molecular weight is 220 g/mol. The topological polar surface area (TPSA) is 46.3 Å². The standard InChI is InChI=1S/C13H20N2O/c1-10(2)7-8-13(16)15(3)12-6-4-5-11(14)9-12/h4-6,9-10H,7-8,14H2,1-3H3. The molecule has 1 amide bonds. The number of nitrogen functional groups attached to an aromatic ring is 1. The van der Waals surface area contributed by atoms with Crippen molar-refractivity contribution in [3.63, 3.8) is 0 Å². The van der Waals surface area contributed by atoms with Gasteiger partial charge in [0.1, 0.15) is 0 Å². The summed E-state index contributed by atoms with van der Waals surface area (Å²) in [6.07, 6.45) is 1.51. The molecule has 16 heavy (non-hydrogen) atoms. The van der Waals surface area contributed by atoms with Gasteiger partial charge in [-0.1, -0.05) is 19.9 Å². The van der Waals surface area contributed by atoms with Crippen molar-refractivity contribution in [2.45, 2.75) is 26.7 Å². The molecule has 0 bridgehead atoms. The van der Waals surface area contributed by atoms with E-state index in [0.717, 1.165) is 12.1 Å². The van der Waals surface area contributed by atoms with Crippen LogP contribution in [-0.2, 0) is 4.79 Å². The second kappa shape index (κ2) is 5.54. The van der Waals surface area contributed by atoms with Crippen molar-refractivity contribution in [2.24, 2.45) is 5.92 Å². The number of hydrogen-bond donors (Lipinski definition) is 1. The largest absolute Gasteiger partial charge is 0.399 e. The fourth-order valence-corrected chi connectivity index (χ4v) is 1.46. The second-order valence-corrected chi connectivity index (χ2v) is 4.48. The summed E-state index contributed by atoms with van der Waals surface area (Å²) in [6, 6.07) is 7.38. The third-order valence-electron chi connectivity index (χ3n) is 2.57. The van der Waals surface area contributed by atoms with Gasteiger partial charge in [-0.15, -0.1) is 0 Å². The van der Waals surface area contributed by atoms with E-state index in [1.807, 2.05) is 24.3 Å². The van der Waals surface area contributed by atoms with E-state index in [2.05, 4.69) is 13.8 Å². The summed E-state index contributed by atoms with van der Waals surface area (Å²) in [5.41, 5.74) is 7.22. The molecule has 1 aromatic carbocycles.